The molecule has 0 radical (unpaired) electrons. The van der Waals surface area contributed by atoms with Crippen LogP contribution in [0, 0.1) is 0 Å². The molecule has 0 aromatic heterocycles. The summed E-state index contributed by atoms with van der Waals surface area (Å²) in [6.45, 7) is 1.16. The van der Waals surface area contributed by atoms with Gasteiger partial charge in [0, 0.05) is 42.6 Å². The molecule has 2 aromatic rings. The minimum Gasteiger partial charge on any atom is -0.491 e. The van der Waals surface area contributed by atoms with Crippen LogP contribution in [0.2, 0.25) is 0 Å². The van der Waals surface area contributed by atoms with Crippen LogP contribution in [0.15, 0.2) is 48.5 Å². The third kappa shape index (κ3) is 11.0. The van der Waals surface area contributed by atoms with Crippen molar-refractivity contribution in [2.24, 2.45) is 0 Å². The molecular weight excluding hydrogens is 510 g/mol. The van der Waals surface area contributed by atoms with Gasteiger partial charge in [0.15, 0.2) is 0 Å². The summed E-state index contributed by atoms with van der Waals surface area (Å²) in [7, 11) is -3.37. The molecule has 0 heterocycles. The minimum atomic E-state index is -3.37. The number of aliphatic hydroxyl groups is 1. The predicted molar refractivity (Wildman–Crippen MR) is 147 cm³/mol. The van der Waals surface area contributed by atoms with E-state index in [2.05, 4.69) is 26.0 Å². The Balaban J connectivity index is 1.27. The van der Waals surface area contributed by atoms with Gasteiger partial charge in [-0.2, -0.15) is 0 Å². The second-order valence-electron chi connectivity index (χ2n) is 9.33. The van der Waals surface area contributed by atoms with Gasteiger partial charge in [-0.25, -0.2) is 13.2 Å². The maximum absolute atomic E-state index is 12.2. The van der Waals surface area contributed by atoms with Gasteiger partial charge in [-0.05, 0) is 61.4 Å². The van der Waals surface area contributed by atoms with Crippen LogP contribution < -0.4 is 30.7 Å². The van der Waals surface area contributed by atoms with Crippen molar-refractivity contribution in [1.82, 2.24) is 16.0 Å². The molecule has 1 aliphatic rings. The molecular formula is C26H37N5O6S. The van der Waals surface area contributed by atoms with Crippen LogP contribution in [-0.4, -0.2) is 70.1 Å². The van der Waals surface area contributed by atoms with E-state index in [-0.39, 0.29) is 31.1 Å². The second-order valence-corrected chi connectivity index (χ2v) is 11.1. The van der Waals surface area contributed by atoms with E-state index in [9.17, 15) is 23.1 Å². The summed E-state index contributed by atoms with van der Waals surface area (Å²) >= 11 is 0. The SMILES string of the molecule is CS(=O)(=O)Nc1ccc(C(=O)NCCNCC(O)COc2ccc(NC(=O)NC3CCCCC3)cc2)cc1. The Kier molecular flexibility index (Phi) is 11.2. The summed E-state index contributed by atoms with van der Waals surface area (Å²) in [5.74, 6) is 0.290. The van der Waals surface area contributed by atoms with Crippen molar-refractivity contribution in [2.75, 3.05) is 42.5 Å². The van der Waals surface area contributed by atoms with Crippen LogP contribution in [0.5, 0.6) is 5.75 Å². The van der Waals surface area contributed by atoms with Gasteiger partial charge in [0.2, 0.25) is 10.0 Å². The van der Waals surface area contributed by atoms with Crippen molar-refractivity contribution in [3.8, 4) is 5.75 Å². The number of hydrogen-bond acceptors (Lipinski definition) is 7. The molecule has 0 saturated heterocycles. The van der Waals surface area contributed by atoms with E-state index in [1.165, 1.54) is 30.7 Å². The Morgan fingerprint density at radius 2 is 1.63 bits per heavy atom. The average Bonchev–Trinajstić information content (AvgIpc) is 2.88. The van der Waals surface area contributed by atoms with Gasteiger partial charge >= 0.3 is 6.03 Å². The third-order valence-electron chi connectivity index (χ3n) is 5.91. The number of aliphatic hydroxyl groups excluding tert-OH is 1. The lowest BCUT2D eigenvalue weighted by molar-refractivity contribution is 0.0950. The summed E-state index contributed by atoms with van der Waals surface area (Å²) in [6.07, 6.45) is 5.89. The Morgan fingerprint density at radius 1 is 0.974 bits per heavy atom. The first-order chi connectivity index (χ1) is 18.2. The number of amides is 3. The number of ether oxygens (including phenoxy) is 1. The van der Waals surface area contributed by atoms with Gasteiger partial charge in [-0.15, -0.1) is 0 Å². The lowest BCUT2D eigenvalue weighted by Gasteiger charge is -2.22. The van der Waals surface area contributed by atoms with E-state index in [1.807, 2.05) is 0 Å². The number of rotatable bonds is 13. The summed E-state index contributed by atoms with van der Waals surface area (Å²) in [5.41, 5.74) is 1.45. The fraction of sp³-hybridized carbons (Fsp3) is 0.462. The van der Waals surface area contributed by atoms with Crippen LogP contribution in [0.4, 0.5) is 16.2 Å². The van der Waals surface area contributed by atoms with E-state index in [1.54, 1.807) is 24.3 Å². The molecule has 11 nitrogen and oxygen atoms in total. The zero-order valence-corrected chi connectivity index (χ0v) is 22.4. The van der Waals surface area contributed by atoms with Crippen molar-refractivity contribution in [3.05, 3.63) is 54.1 Å². The van der Waals surface area contributed by atoms with Gasteiger partial charge < -0.3 is 31.1 Å². The Labute approximate surface area is 223 Å². The monoisotopic (exact) mass is 547 g/mol. The highest BCUT2D eigenvalue weighted by Crippen LogP contribution is 2.19. The molecule has 0 aliphatic heterocycles. The number of carbonyl (C=O) groups is 2. The molecule has 1 unspecified atom stereocenters. The number of urea groups is 1. The van der Waals surface area contributed by atoms with E-state index in [0.29, 0.717) is 35.8 Å². The number of carbonyl (C=O) groups excluding carboxylic acids is 2. The lowest BCUT2D eigenvalue weighted by Crippen LogP contribution is -2.39. The van der Waals surface area contributed by atoms with Crippen molar-refractivity contribution in [1.29, 1.82) is 0 Å². The van der Waals surface area contributed by atoms with Crippen LogP contribution in [0.25, 0.3) is 0 Å². The predicted octanol–water partition coefficient (Wildman–Crippen LogP) is 2.27. The van der Waals surface area contributed by atoms with Gasteiger partial charge in [-0.3, -0.25) is 9.52 Å². The molecule has 1 saturated carbocycles. The molecule has 1 fully saturated rings. The van der Waals surface area contributed by atoms with Crippen molar-refractivity contribution in [3.63, 3.8) is 0 Å². The van der Waals surface area contributed by atoms with Crippen LogP contribution in [0.1, 0.15) is 42.5 Å². The van der Waals surface area contributed by atoms with E-state index in [4.69, 9.17) is 4.74 Å². The maximum atomic E-state index is 12.2. The minimum absolute atomic E-state index is 0.0855. The second kappa shape index (κ2) is 14.6. The highest BCUT2D eigenvalue weighted by atomic mass is 32.2. The number of nitrogens with one attached hydrogen (secondary N) is 5. The highest BCUT2D eigenvalue weighted by Gasteiger charge is 2.15. The smallest absolute Gasteiger partial charge is 0.319 e. The van der Waals surface area contributed by atoms with Crippen LogP contribution in [0.3, 0.4) is 0 Å². The van der Waals surface area contributed by atoms with Gasteiger partial charge in [0.1, 0.15) is 18.5 Å². The number of hydrogen-bond donors (Lipinski definition) is 6. The molecule has 12 heteroatoms. The standard InChI is InChI=1S/C26H37N5O6S/c1-38(35,36)31-22-9-7-19(8-10-22)25(33)28-16-15-27-17-23(32)18-37-24-13-11-21(12-14-24)30-26(34)29-20-5-3-2-4-6-20/h7-14,20,23,27,31-32H,2-6,15-18H2,1H3,(H,28,33)(H2,29,30,34). The van der Waals surface area contributed by atoms with E-state index < -0.39 is 16.1 Å². The Bertz CT molecular complexity index is 1140. The molecule has 38 heavy (non-hydrogen) atoms. The van der Waals surface area contributed by atoms with Crippen LogP contribution in [-0.2, 0) is 10.0 Å². The van der Waals surface area contributed by atoms with Gasteiger partial charge in [-0.1, -0.05) is 19.3 Å². The lowest BCUT2D eigenvalue weighted by atomic mass is 9.96. The Morgan fingerprint density at radius 3 is 2.29 bits per heavy atom. The summed E-state index contributed by atoms with van der Waals surface area (Å²) in [5, 5.41) is 21.8. The first kappa shape index (κ1) is 29.2. The van der Waals surface area contributed by atoms with Crippen LogP contribution >= 0.6 is 0 Å². The summed E-state index contributed by atoms with van der Waals surface area (Å²) < 4.78 is 30.4. The maximum Gasteiger partial charge on any atom is 0.319 e. The Hall–Kier alpha value is -3.35. The normalized spacial score (nSPS) is 14.8. The van der Waals surface area contributed by atoms with E-state index >= 15 is 0 Å². The molecule has 6 N–H and O–H groups in total. The molecule has 0 bridgehead atoms. The first-order valence-electron chi connectivity index (χ1n) is 12.7. The number of sulfonamides is 1. The molecule has 1 aliphatic carbocycles. The zero-order chi connectivity index (χ0) is 27.4. The van der Waals surface area contributed by atoms with Crippen molar-refractivity contribution >= 4 is 33.3 Å². The largest absolute Gasteiger partial charge is 0.491 e. The molecule has 1 atom stereocenters. The highest BCUT2D eigenvalue weighted by molar-refractivity contribution is 7.92. The van der Waals surface area contributed by atoms with Crippen molar-refractivity contribution in [2.45, 2.75) is 44.2 Å². The topological polar surface area (TPSA) is 158 Å². The quantitative estimate of drug-likeness (QED) is 0.210. The average molecular weight is 548 g/mol. The number of benzene rings is 2. The molecule has 3 amide bonds. The fourth-order valence-corrected chi connectivity index (χ4v) is 4.59. The van der Waals surface area contributed by atoms with E-state index in [0.717, 1.165) is 31.9 Å². The third-order valence-corrected chi connectivity index (χ3v) is 6.52. The fourth-order valence-electron chi connectivity index (χ4n) is 4.02. The van der Waals surface area contributed by atoms with Crippen molar-refractivity contribution < 1.29 is 27.9 Å². The zero-order valence-electron chi connectivity index (χ0n) is 21.5. The molecule has 2 aromatic carbocycles. The first-order valence-corrected chi connectivity index (χ1v) is 14.6. The van der Waals surface area contributed by atoms with Gasteiger partial charge in [0.05, 0.1) is 6.26 Å². The molecule has 3 rings (SSSR count). The van der Waals surface area contributed by atoms with Gasteiger partial charge in [0.25, 0.3) is 5.91 Å². The molecule has 0 spiro atoms. The molecule has 208 valence electrons. The number of anilines is 2. The summed E-state index contributed by atoms with van der Waals surface area (Å²) in [4.78, 5) is 24.4. The summed E-state index contributed by atoms with van der Waals surface area (Å²) in [6, 6.07) is 13.1.